The van der Waals surface area contributed by atoms with E-state index in [4.69, 9.17) is 4.74 Å². The summed E-state index contributed by atoms with van der Waals surface area (Å²) in [6.07, 6.45) is 0.0116. The van der Waals surface area contributed by atoms with Crippen LogP contribution in [0.1, 0.15) is 16.7 Å². The minimum atomic E-state index is -0.611. The zero-order valence-corrected chi connectivity index (χ0v) is 14.2. The fourth-order valence-corrected chi connectivity index (χ4v) is 3.23. The fraction of sp³-hybridized carbons (Fsp3) is 0.368. The summed E-state index contributed by atoms with van der Waals surface area (Å²) in [5, 5.41) is 21.4. The van der Waals surface area contributed by atoms with Gasteiger partial charge in [0.1, 0.15) is 18.5 Å². The molecule has 0 aliphatic carbocycles. The fourth-order valence-electron chi connectivity index (χ4n) is 3.23. The Bertz CT molecular complexity index is 763. The van der Waals surface area contributed by atoms with E-state index >= 15 is 0 Å². The molecule has 0 amide bonds. The Balaban J connectivity index is 1.57. The Morgan fingerprint density at radius 1 is 1.28 bits per heavy atom. The molecule has 3 rings (SSSR count). The summed E-state index contributed by atoms with van der Waals surface area (Å²) in [6, 6.07) is 12.9. The molecule has 1 aliphatic heterocycles. The van der Waals surface area contributed by atoms with Crippen molar-refractivity contribution in [2.24, 2.45) is 0 Å². The molecule has 6 heteroatoms. The Kier molecular flexibility index (Phi) is 5.31. The Morgan fingerprint density at radius 3 is 2.84 bits per heavy atom. The number of hydrogen-bond donors (Lipinski definition) is 1. The van der Waals surface area contributed by atoms with Gasteiger partial charge in [0.05, 0.1) is 4.92 Å². The molecule has 1 atom stereocenters. The quantitative estimate of drug-likeness (QED) is 0.645. The van der Waals surface area contributed by atoms with Crippen LogP contribution in [0, 0.1) is 17.0 Å². The van der Waals surface area contributed by atoms with Crippen LogP contribution in [-0.4, -0.2) is 40.7 Å². The van der Waals surface area contributed by atoms with Crippen LogP contribution in [0.15, 0.2) is 42.5 Å². The van der Waals surface area contributed by atoms with Gasteiger partial charge in [0.25, 0.3) is 5.69 Å². The van der Waals surface area contributed by atoms with Crippen molar-refractivity contribution in [1.82, 2.24) is 4.90 Å². The van der Waals surface area contributed by atoms with Crippen molar-refractivity contribution >= 4 is 5.69 Å². The van der Waals surface area contributed by atoms with Crippen LogP contribution in [0.3, 0.4) is 0 Å². The van der Waals surface area contributed by atoms with Gasteiger partial charge in [-0.2, -0.15) is 0 Å². The average molecular weight is 342 g/mol. The van der Waals surface area contributed by atoms with Gasteiger partial charge in [-0.05, 0) is 30.5 Å². The van der Waals surface area contributed by atoms with Crippen molar-refractivity contribution in [2.45, 2.75) is 26.0 Å². The molecular formula is C19H22N2O4. The second-order valence-electron chi connectivity index (χ2n) is 6.39. The van der Waals surface area contributed by atoms with Crippen LogP contribution in [0.25, 0.3) is 0 Å². The minimum Gasteiger partial charge on any atom is -0.491 e. The maximum Gasteiger partial charge on any atom is 0.272 e. The van der Waals surface area contributed by atoms with Crippen LogP contribution < -0.4 is 4.74 Å². The molecule has 0 bridgehead atoms. The summed E-state index contributed by atoms with van der Waals surface area (Å²) >= 11 is 0. The van der Waals surface area contributed by atoms with Crippen molar-refractivity contribution in [3.8, 4) is 5.75 Å². The number of aryl methyl sites for hydroxylation is 1. The lowest BCUT2D eigenvalue weighted by atomic mass is 9.97. The van der Waals surface area contributed by atoms with E-state index in [0.29, 0.717) is 26.1 Å². The van der Waals surface area contributed by atoms with Gasteiger partial charge in [0, 0.05) is 31.3 Å². The van der Waals surface area contributed by atoms with E-state index in [-0.39, 0.29) is 17.2 Å². The summed E-state index contributed by atoms with van der Waals surface area (Å²) in [5.41, 5.74) is 3.01. The van der Waals surface area contributed by atoms with Crippen molar-refractivity contribution in [1.29, 1.82) is 0 Å². The molecule has 1 heterocycles. The van der Waals surface area contributed by atoms with Crippen molar-refractivity contribution in [3.05, 3.63) is 69.3 Å². The average Bonchev–Trinajstić information content (AvgIpc) is 2.60. The van der Waals surface area contributed by atoms with Gasteiger partial charge < -0.3 is 9.84 Å². The standard InChI is InChI=1S/C19H22N2O4/c1-14-5-2-3-8-19(14)25-13-16(22)12-20-10-9-17-15(11-20)6-4-7-18(17)21(23)24/h2-8,16,22H,9-13H2,1H3. The molecule has 6 nitrogen and oxygen atoms in total. The molecule has 2 aromatic carbocycles. The van der Waals surface area contributed by atoms with Crippen LogP contribution in [0.4, 0.5) is 5.69 Å². The molecule has 1 unspecified atom stereocenters. The van der Waals surface area contributed by atoms with Gasteiger partial charge in [-0.3, -0.25) is 15.0 Å². The van der Waals surface area contributed by atoms with Crippen LogP contribution in [0.2, 0.25) is 0 Å². The third-order valence-electron chi connectivity index (χ3n) is 4.51. The Hall–Kier alpha value is -2.44. The first-order valence-electron chi connectivity index (χ1n) is 8.38. The molecule has 132 valence electrons. The van der Waals surface area contributed by atoms with E-state index in [1.165, 1.54) is 0 Å². The highest BCUT2D eigenvalue weighted by Crippen LogP contribution is 2.27. The van der Waals surface area contributed by atoms with Crippen molar-refractivity contribution in [3.63, 3.8) is 0 Å². The van der Waals surface area contributed by atoms with Gasteiger partial charge in [0.2, 0.25) is 0 Å². The van der Waals surface area contributed by atoms with E-state index in [9.17, 15) is 15.2 Å². The number of para-hydroxylation sites is 1. The number of nitro benzene ring substituents is 1. The lowest BCUT2D eigenvalue weighted by Gasteiger charge is -2.30. The molecule has 0 aromatic heterocycles. The van der Waals surface area contributed by atoms with Gasteiger partial charge in [-0.25, -0.2) is 0 Å². The zero-order valence-electron chi connectivity index (χ0n) is 14.2. The molecule has 25 heavy (non-hydrogen) atoms. The van der Waals surface area contributed by atoms with Gasteiger partial charge in [-0.1, -0.05) is 30.3 Å². The molecule has 1 aliphatic rings. The smallest absolute Gasteiger partial charge is 0.272 e. The van der Waals surface area contributed by atoms with E-state index in [1.54, 1.807) is 12.1 Å². The molecular weight excluding hydrogens is 320 g/mol. The van der Waals surface area contributed by atoms with Gasteiger partial charge in [0.15, 0.2) is 0 Å². The Morgan fingerprint density at radius 2 is 2.08 bits per heavy atom. The normalized spacial score (nSPS) is 15.4. The van der Waals surface area contributed by atoms with Gasteiger partial charge >= 0.3 is 0 Å². The van der Waals surface area contributed by atoms with E-state index < -0.39 is 6.10 Å². The van der Waals surface area contributed by atoms with Crippen LogP contribution in [0.5, 0.6) is 5.75 Å². The number of rotatable bonds is 6. The number of aliphatic hydroxyl groups is 1. The maximum absolute atomic E-state index is 11.1. The Labute approximate surface area is 146 Å². The first-order chi connectivity index (χ1) is 12.0. The predicted octanol–water partition coefficient (Wildman–Crippen LogP) is 2.70. The molecule has 0 saturated carbocycles. The molecule has 0 saturated heterocycles. The molecule has 2 aromatic rings. The highest BCUT2D eigenvalue weighted by Gasteiger charge is 2.24. The molecule has 0 radical (unpaired) electrons. The first-order valence-corrected chi connectivity index (χ1v) is 8.38. The first kappa shape index (κ1) is 17.4. The molecule has 0 spiro atoms. The third-order valence-corrected chi connectivity index (χ3v) is 4.51. The second kappa shape index (κ2) is 7.63. The minimum absolute atomic E-state index is 0.195. The van der Waals surface area contributed by atoms with E-state index in [2.05, 4.69) is 4.90 Å². The summed E-state index contributed by atoms with van der Waals surface area (Å²) in [6.45, 7) is 3.98. The lowest BCUT2D eigenvalue weighted by molar-refractivity contribution is -0.385. The van der Waals surface area contributed by atoms with Crippen LogP contribution >= 0.6 is 0 Å². The predicted molar refractivity (Wildman–Crippen MR) is 94.8 cm³/mol. The zero-order chi connectivity index (χ0) is 17.8. The summed E-state index contributed by atoms with van der Waals surface area (Å²) in [5.74, 6) is 0.779. The van der Waals surface area contributed by atoms with Crippen LogP contribution in [-0.2, 0) is 13.0 Å². The molecule has 0 fully saturated rings. The number of aliphatic hydroxyl groups excluding tert-OH is 1. The molecule has 1 N–H and O–H groups in total. The van der Waals surface area contributed by atoms with Crippen molar-refractivity contribution < 1.29 is 14.8 Å². The third kappa shape index (κ3) is 4.15. The number of hydrogen-bond acceptors (Lipinski definition) is 5. The van der Waals surface area contributed by atoms with Gasteiger partial charge in [-0.15, -0.1) is 0 Å². The number of benzene rings is 2. The SMILES string of the molecule is Cc1ccccc1OCC(O)CN1CCc2c(cccc2[N+](=O)[O-])C1. The number of β-amino-alcohol motifs (C(OH)–C–C–N with tert-alkyl or cyclic N) is 1. The highest BCUT2D eigenvalue weighted by atomic mass is 16.6. The number of nitro groups is 1. The monoisotopic (exact) mass is 342 g/mol. The topological polar surface area (TPSA) is 75.8 Å². The van der Waals surface area contributed by atoms with E-state index in [1.807, 2.05) is 37.3 Å². The summed E-state index contributed by atoms with van der Waals surface area (Å²) < 4.78 is 5.69. The number of ether oxygens (including phenoxy) is 1. The van der Waals surface area contributed by atoms with E-state index in [0.717, 1.165) is 22.4 Å². The second-order valence-corrected chi connectivity index (χ2v) is 6.39. The number of fused-ring (bicyclic) bond motifs is 1. The lowest BCUT2D eigenvalue weighted by Crippen LogP contribution is -2.39. The number of nitrogens with zero attached hydrogens (tertiary/aromatic N) is 2. The largest absolute Gasteiger partial charge is 0.491 e. The summed E-state index contributed by atoms with van der Waals surface area (Å²) in [7, 11) is 0. The summed E-state index contributed by atoms with van der Waals surface area (Å²) in [4.78, 5) is 12.9. The van der Waals surface area contributed by atoms with Crippen molar-refractivity contribution in [2.75, 3.05) is 19.7 Å². The highest BCUT2D eigenvalue weighted by molar-refractivity contribution is 5.46. The maximum atomic E-state index is 11.1.